The van der Waals surface area contributed by atoms with Gasteiger partial charge in [0.05, 0.1) is 0 Å². The van der Waals surface area contributed by atoms with Gasteiger partial charge >= 0.3 is 0 Å². The van der Waals surface area contributed by atoms with Gasteiger partial charge in [0.25, 0.3) is 0 Å². The molecule has 0 spiro atoms. The summed E-state index contributed by atoms with van der Waals surface area (Å²) in [6.07, 6.45) is 27.9. The Morgan fingerprint density at radius 1 is 0.837 bits per heavy atom. The standard InChI is InChI=1S/C41H67NSi/c1-9-11-13-20-26-41(27-21-14-12-10-2)37-25-19-18-24-34(37)36-29-32-28-31(3)39(35(32)30-38(36)41)43(7,8)42(40(4,5)6)33-22-16-15-17-23-33/h18-19,24-25,29-33,35,39H,9-17,20-23,26-28H2,1-8H3. The highest BCUT2D eigenvalue weighted by atomic mass is 28.3. The Kier molecular flexibility index (Phi) is 10.6. The number of benzene rings is 1. The summed E-state index contributed by atoms with van der Waals surface area (Å²) < 4.78 is 3.17. The van der Waals surface area contributed by atoms with Crippen molar-refractivity contribution in [2.75, 3.05) is 0 Å². The molecule has 0 amide bonds. The zero-order valence-corrected chi connectivity index (χ0v) is 30.6. The van der Waals surface area contributed by atoms with Gasteiger partial charge in [-0.1, -0.05) is 141 Å². The maximum absolute atomic E-state index is 3.17. The average molecular weight is 602 g/mol. The first-order valence-corrected chi connectivity index (χ1v) is 21.9. The molecule has 1 aromatic carbocycles. The zero-order chi connectivity index (χ0) is 30.8. The van der Waals surface area contributed by atoms with Gasteiger partial charge in [-0.15, -0.1) is 0 Å². The lowest BCUT2D eigenvalue weighted by molar-refractivity contribution is 0.139. The first kappa shape index (κ1) is 33.2. The van der Waals surface area contributed by atoms with Crippen LogP contribution >= 0.6 is 0 Å². The molecular weight excluding hydrogens is 535 g/mol. The Morgan fingerprint density at radius 3 is 2.07 bits per heavy atom. The molecule has 1 aromatic rings. The topological polar surface area (TPSA) is 3.24 Å². The Balaban J connectivity index is 1.56. The number of rotatable bonds is 13. The van der Waals surface area contributed by atoms with E-state index in [1.807, 2.05) is 0 Å². The first-order chi connectivity index (χ1) is 20.6. The Bertz CT molecular complexity index is 1120. The van der Waals surface area contributed by atoms with Crippen LogP contribution in [0.1, 0.15) is 155 Å². The van der Waals surface area contributed by atoms with E-state index >= 15 is 0 Å². The largest absolute Gasteiger partial charge is 0.316 e. The van der Waals surface area contributed by atoms with Crippen LogP contribution in [-0.4, -0.2) is 24.4 Å². The average Bonchev–Trinajstić information content (AvgIpc) is 3.43. The smallest absolute Gasteiger partial charge is 0.127 e. The second-order valence-electron chi connectivity index (χ2n) is 16.9. The Hall–Kier alpha value is -1.12. The Labute approximate surface area is 268 Å². The normalized spacial score (nSPS) is 27.1. The molecule has 43 heavy (non-hydrogen) atoms. The van der Waals surface area contributed by atoms with Crippen molar-refractivity contribution in [1.29, 1.82) is 0 Å². The molecule has 240 valence electrons. The third-order valence-corrected chi connectivity index (χ3v) is 17.3. The lowest BCUT2D eigenvalue weighted by atomic mass is 9.68. The van der Waals surface area contributed by atoms with Crippen molar-refractivity contribution in [2.24, 2.45) is 17.8 Å². The molecule has 0 aliphatic heterocycles. The van der Waals surface area contributed by atoms with Crippen LogP contribution in [0.25, 0.3) is 5.57 Å². The van der Waals surface area contributed by atoms with Gasteiger partial charge in [-0.25, -0.2) is 0 Å². The molecule has 2 heteroatoms. The predicted molar refractivity (Wildman–Crippen MR) is 192 cm³/mol. The minimum atomic E-state index is -1.78. The fourth-order valence-corrected chi connectivity index (χ4v) is 17.3. The van der Waals surface area contributed by atoms with Gasteiger partial charge in [-0.3, -0.25) is 0 Å². The lowest BCUT2D eigenvalue weighted by Crippen LogP contribution is -2.65. The van der Waals surface area contributed by atoms with Crippen LogP contribution in [0.15, 0.2) is 42.0 Å². The minimum absolute atomic E-state index is 0.226. The molecular formula is C41H67NSi. The van der Waals surface area contributed by atoms with Crippen LogP contribution in [0.2, 0.25) is 18.6 Å². The van der Waals surface area contributed by atoms with Gasteiger partial charge in [0.1, 0.15) is 8.24 Å². The van der Waals surface area contributed by atoms with E-state index in [1.165, 1.54) is 103 Å². The van der Waals surface area contributed by atoms with Crippen molar-refractivity contribution in [3.8, 4) is 0 Å². The van der Waals surface area contributed by atoms with E-state index in [2.05, 4.69) is 95.6 Å². The highest BCUT2D eigenvalue weighted by Crippen LogP contribution is 2.63. The summed E-state index contributed by atoms with van der Waals surface area (Å²) in [5.74, 6) is 2.22. The van der Waals surface area contributed by atoms with E-state index in [4.69, 9.17) is 0 Å². The summed E-state index contributed by atoms with van der Waals surface area (Å²) in [5, 5.41) is 0. The molecule has 0 aromatic heterocycles. The molecule has 2 fully saturated rings. The van der Waals surface area contributed by atoms with Crippen LogP contribution in [0.4, 0.5) is 0 Å². The summed E-state index contributed by atoms with van der Waals surface area (Å²) in [6, 6.07) is 10.5. The highest BCUT2D eigenvalue weighted by molar-refractivity contribution is 6.76. The van der Waals surface area contributed by atoms with Crippen LogP contribution in [0.5, 0.6) is 0 Å². The highest BCUT2D eigenvalue weighted by Gasteiger charge is 2.56. The summed E-state index contributed by atoms with van der Waals surface area (Å²) in [6.45, 7) is 20.6. The van der Waals surface area contributed by atoms with Gasteiger partial charge in [0.15, 0.2) is 0 Å². The van der Waals surface area contributed by atoms with E-state index in [0.717, 1.165) is 17.5 Å². The second-order valence-corrected chi connectivity index (χ2v) is 21.3. The summed E-state index contributed by atoms with van der Waals surface area (Å²) in [7, 11) is -1.78. The minimum Gasteiger partial charge on any atom is -0.316 e. The number of nitrogens with zero attached hydrogens (tertiary/aromatic N) is 1. The second kappa shape index (κ2) is 13.7. The maximum atomic E-state index is 3.17. The molecule has 4 atom stereocenters. The molecule has 0 saturated heterocycles. The van der Waals surface area contributed by atoms with Gasteiger partial charge in [0, 0.05) is 17.0 Å². The molecule has 4 unspecified atom stereocenters. The van der Waals surface area contributed by atoms with Crippen molar-refractivity contribution in [2.45, 2.75) is 180 Å². The van der Waals surface area contributed by atoms with Crippen molar-refractivity contribution in [3.63, 3.8) is 0 Å². The molecule has 0 radical (unpaired) electrons. The third kappa shape index (κ3) is 6.45. The van der Waals surface area contributed by atoms with E-state index < -0.39 is 8.24 Å². The van der Waals surface area contributed by atoms with Gasteiger partial charge in [0.2, 0.25) is 0 Å². The maximum Gasteiger partial charge on any atom is 0.127 e. The molecule has 5 rings (SSSR count). The quantitative estimate of drug-likeness (QED) is 0.160. The van der Waals surface area contributed by atoms with E-state index in [1.54, 1.807) is 22.3 Å². The van der Waals surface area contributed by atoms with E-state index in [-0.39, 0.29) is 11.0 Å². The third-order valence-electron chi connectivity index (χ3n) is 12.5. The molecule has 4 aliphatic carbocycles. The number of allylic oxidation sites excluding steroid dienone is 4. The molecule has 0 heterocycles. The number of unbranched alkanes of at least 4 members (excludes halogenated alkanes) is 6. The summed E-state index contributed by atoms with van der Waals surface area (Å²) in [5.41, 5.74) is 7.98. The molecule has 0 N–H and O–H groups in total. The molecule has 4 aliphatic rings. The fourth-order valence-electron chi connectivity index (χ4n) is 11.2. The fraction of sp³-hybridized carbons (Fsp3) is 0.756. The van der Waals surface area contributed by atoms with Gasteiger partial charge in [-0.2, -0.15) is 0 Å². The van der Waals surface area contributed by atoms with Crippen LogP contribution in [0, 0.1) is 17.8 Å². The first-order valence-electron chi connectivity index (χ1n) is 18.9. The Morgan fingerprint density at radius 2 is 1.47 bits per heavy atom. The molecule has 1 nitrogen and oxygen atoms in total. The lowest BCUT2D eigenvalue weighted by Gasteiger charge is -2.56. The predicted octanol–water partition coefficient (Wildman–Crippen LogP) is 12.5. The van der Waals surface area contributed by atoms with Crippen molar-refractivity contribution in [1.82, 2.24) is 4.57 Å². The number of hydrogen-bond acceptors (Lipinski definition) is 1. The monoisotopic (exact) mass is 602 g/mol. The van der Waals surface area contributed by atoms with E-state index in [9.17, 15) is 0 Å². The van der Waals surface area contributed by atoms with Crippen molar-refractivity contribution in [3.05, 3.63) is 53.1 Å². The summed E-state index contributed by atoms with van der Waals surface area (Å²) >= 11 is 0. The van der Waals surface area contributed by atoms with Gasteiger partial charge < -0.3 is 4.57 Å². The summed E-state index contributed by atoms with van der Waals surface area (Å²) in [4.78, 5) is 0. The van der Waals surface area contributed by atoms with Crippen LogP contribution in [0.3, 0.4) is 0 Å². The van der Waals surface area contributed by atoms with Crippen LogP contribution in [-0.2, 0) is 5.41 Å². The number of fused-ring (bicyclic) bond motifs is 4. The van der Waals surface area contributed by atoms with Crippen molar-refractivity contribution < 1.29 is 0 Å². The molecule has 2 saturated carbocycles. The van der Waals surface area contributed by atoms with E-state index in [0.29, 0.717) is 11.8 Å². The SMILES string of the molecule is CCCCCCC1(CCCCCC)C2=CC3C(C=C2c2ccccc21)CC(C)C3[Si](C)(C)N(C1CCCCC1)C(C)(C)C. The van der Waals surface area contributed by atoms with Crippen LogP contribution < -0.4 is 0 Å². The van der Waals surface area contributed by atoms with Gasteiger partial charge in [-0.05, 0) is 98.4 Å². The zero-order valence-electron chi connectivity index (χ0n) is 29.6. The number of hydrogen-bond donors (Lipinski definition) is 0. The molecule has 0 bridgehead atoms. The van der Waals surface area contributed by atoms with Crippen molar-refractivity contribution >= 4 is 13.8 Å².